The largest absolute Gasteiger partial charge is 0.437 e. The maximum atomic E-state index is 5.70. The van der Waals surface area contributed by atoms with Crippen molar-refractivity contribution in [2.24, 2.45) is 0 Å². The maximum Gasteiger partial charge on any atom is 0.220 e. The zero-order valence-corrected chi connectivity index (χ0v) is 11.4. The predicted octanol–water partition coefficient (Wildman–Crippen LogP) is 5.15. The SMILES string of the molecule is C(=Cc1cccc2ccccc12)c1nc2ccccc2o1. The predicted molar refractivity (Wildman–Crippen MR) is 86.9 cm³/mol. The fourth-order valence-corrected chi connectivity index (χ4v) is 2.52. The molecule has 0 amide bonds. The summed E-state index contributed by atoms with van der Waals surface area (Å²) >= 11 is 0. The van der Waals surface area contributed by atoms with Crippen LogP contribution in [0, 0.1) is 0 Å². The Kier molecular flexibility index (Phi) is 2.79. The van der Waals surface area contributed by atoms with Gasteiger partial charge >= 0.3 is 0 Å². The molecule has 1 aromatic heterocycles. The Morgan fingerprint density at radius 3 is 2.52 bits per heavy atom. The number of fused-ring (bicyclic) bond motifs is 2. The van der Waals surface area contributed by atoms with Gasteiger partial charge in [-0.05, 0) is 34.5 Å². The Labute approximate surface area is 122 Å². The quantitative estimate of drug-likeness (QED) is 0.504. The average molecular weight is 271 g/mol. The van der Waals surface area contributed by atoms with Crippen molar-refractivity contribution < 1.29 is 4.42 Å². The van der Waals surface area contributed by atoms with Gasteiger partial charge in [0.25, 0.3) is 0 Å². The number of oxazole rings is 1. The Hall–Kier alpha value is -2.87. The van der Waals surface area contributed by atoms with E-state index in [1.54, 1.807) is 0 Å². The minimum Gasteiger partial charge on any atom is -0.437 e. The zero-order valence-electron chi connectivity index (χ0n) is 11.4. The highest BCUT2D eigenvalue weighted by Gasteiger charge is 2.02. The first kappa shape index (κ1) is 11.9. The smallest absolute Gasteiger partial charge is 0.220 e. The lowest BCUT2D eigenvalue weighted by atomic mass is 10.0. The topological polar surface area (TPSA) is 26.0 Å². The zero-order chi connectivity index (χ0) is 14.1. The summed E-state index contributed by atoms with van der Waals surface area (Å²) in [5.74, 6) is 0.629. The summed E-state index contributed by atoms with van der Waals surface area (Å²) < 4.78 is 5.70. The fraction of sp³-hybridized carbons (Fsp3) is 0. The lowest BCUT2D eigenvalue weighted by molar-refractivity contribution is 0.590. The Morgan fingerprint density at radius 2 is 1.57 bits per heavy atom. The summed E-state index contributed by atoms with van der Waals surface area (Å²) in [4.78, 5) is 4.45. The van der Waals surface area contributed by atoms with Gasteiger partial charge in [0.05, 0.1) is 0 Å². The molecule has 4 aromatic rings. The normalized spacial score (nSPS) is 11.6. The number of rotatable bonds is 2. The molecule has 0 saturated carbocycles. The number of benzene rings is 3. The fourth-order valence-electron chi connectivity index (χ4n) is 2.52. The second-order valence-corrected chi connectivity index (χ2v) is 4.92. The number of hydrogen-bond donors (Lipinski definition) is 0. The molecular weight excluding hydrogens is 258 g/mol. The first-order valence-electron chi connectivity index (χ1n) is 6.91. The van der Waals surface area contributed by atoms with E-state index in [1.165, 1.54) is 10.8 Å². The van der Waals surface area contributed by atoms with Crippen LogP contribution in [0.25, 0.3) is 34.0 Å². The number of hydrogen-bond acceptors (Lipinski definition) is 2. The molecule has 0 aliphatic carbocycles. The highest BCUT2D eigenvalue weighted by Crippen LogP contribution is 2.21. The van der Waals surface area contributed by atoms with Crippen LogP contribution in [-0.2, 0) is 0 Å². The molecule has 0 unspecified atom stereocenters. The molecule has 1 heterocycles. The summed E-state index contributed by atoms with van der Waals surface area (Å²) in [6.45, 7) is 0. The van der Waals surface area contributed by atoms with Gasteiger partial charge in [-0.3, -0.25) is 0 Å². The van der Waals surface area contributed by atoms with Gasteiger partial charge in [0.2, 0.25) is 5.89 Å². The molecule has 0 saturated heterocycles. The lowest BCUT2D eigenvalue weighted by Crippen LogP contribution is -1.77. The third-order valence-electron chi connectivity index (χ3n) is 3.54. The van der Waals surface area contributed by atoms with Crippen LogP contribution in [0.4, 0.5) is 0 Å². The third-order valence-corrected chi connectivity index (χ3v) is 3.54. The Morgan fingerprint density at radius 1 is 0.762 bits per heavy atom. The molecule has 0 fully saturated rings. The van der Waals surface area contributed by atoms with Gasteiger partial charge in [0.15, 0.2) is 5.58 Å². The molecule has 0 aliphatic rings. The second kappa shape index (κ2) is 4.91. The van der Waals surface area contributed by atoms with Gasteiger partial charge in [-0.15, -0.1) is 0 Å². The molecule has 0 spiro atoms. The van der Waals surface area contributed by atoms with Crippen molar-refractivity contribution in [2.75, 3.05) is 0 Å². The van der Waals surface area contributed by atoms with E-state index in [2.05, 4.69) is 47.4 Å². The van der Waals surface area contributed by atoms with Crippen molar-refractivity contribution >= 4 is 34.0 Å². The molecule has 4 rings (SSSR count). The summed E-state index contributed by atoms with van der Waals surface area (Å²) in [6.07, 6.45) is 3.97. The second-order valence-electron chi connectivity index (χ2n) is 4.92. The maximum absolute atomic E-state index is 5.70. The molecule has 0 N–H and O–H groups in total. The van der Waals surface area contributed by atoms with E-state index in [1.807, 2.05) is 36.4 Å². The molecule has 100 valence electrons. The van der Waals surface area contributed by atoms with Gasteiger partial charge < -0.3 is 4.42 Å². The summed E-state index contributed by atoms with van der Waals surface area (Å²) in [5.41, 5.74) is 2.86. The van der Waals surface area contributed by atoms with Crippen LogP contribution in [0.5, 0.6) is 0 Å². The summed E-state index contributed by atoms with van der Waals surface area (Å²) in [5, 5.41) is 2.46. The first-order chi connectivity index (χ1) is 10.4. The van der Waals surface area contributed by atoms with Crippen LogP contribution in [0.3, 0.4) is 0 Å². The average Bonchev–Trinajstić information content (AvgIpc) is 2.96. The Bertz CT molecular complexity index is 912. The van der Waals surface area contributed by atoms with E-state index in [0.29, 0.717) is 5.89 Å². The monoisotopic (exact) mass is 271 g/mol. The van der Waals surface area contributed by atoms with E-state index in [9.17, 15) is 0 Å². The minimum absolute atomic E-state index is 0.629. The molecule has 0 radical (unpaired) electrons. The number of para-hydroxylation sites is 2. The van der Waals surface area contributed by atoms with E-state index in [-0.39, 0.29) is 0 Å². The van der Waals surface area contributed by atoms with E-state index < -0.39 is 0 Å². The first-order valence-corrected chi connectivity index (χ1v) is 6.91. The van der Waals surface area contributed by atoms with Gasteiger partial charge in [-0.2, -0.15) is 0 Å². The van der Waals surface area contributed by atoms with Gasteiger partial charge in [0.1, 0.15) is 5.52 Å². The number of nitrogens with zero attached hydrogens (tertiary/aromatic N) is 1. The van der Waals surface area contributed by atoms with E-state index >= 15 is 0 Å². The molecule has 0 atom stereocenters. The van der Waals surface area contributed by atoms with Crippen LogP contribution in [0.15, 0.2) is 71.1 Å². The third kappa shape index (κ3) is 2.21. The van der Waals surface area contributed by atoms with E-state index in [4.69, 9.17) is 4.42 Å². The van der Waals surface area contributed by atoms with Crippen LogP contribution >= 0.6 is 0 Å². The molecule has 21 heavy (non-hydrogen) atoms. The number of aromatic nitrogens is 1. The van der Waals surface area contributed by atoms with Gasteiger partial charge in [-0.25, -0.2) is 4.98 Å². The van der Waals surface area contributed by atoms with Crippen LogP contribution in [-0.4, -0.2) is 4.98 Å². The van der Waals surface area contributed by atoms with Crippen LogP contribution in [0.1, 0.15) is 11.5 Å². The van der Waals surface area contributed by atoms with Crippen LogP contribution in [0.2, 0.25) is 0 Å². The van der Waals surface area contributed by atoms with Gasteiger partial charge in [-0.1, -0.05) is 54.6 Å². The molecule has 0 bridgehead atoms. The van der Waals surface area contributed by atoms with Crippen molar-refractivity contribution in [3.63, 3.8) is 0 Å². The van der Waals surface area contributed by atoms with Crippen molar-refractivity contribution in [1.82, 2.24) is 4.98 Å². The molecule has 3 aromatic carbocycles. The van der Waals surface area contributed by atoms with Crippen molar-refractivity contribution in [2.45, 2.75) is 0 Å². The summed E-state index contributed by atoms with van der Waals surface area (Å²) in [6, 6.07) is 22.4. The Balaban J connectivity index is 1.76. The van der Waals surface area contributed by atoms with Crippen LogP contribution < -0.4 is 0 Å². The minimum atomic E-state index is 0.629. The molecule has 2 nitrogen and oxygen atoms in total. The van der Waals surface area contributed by atoms with Crippen molar-refractivity contribution in [3.05, 3.63) is 78.2 Å². The highest BCUT2D eigenvalue weighted by atomic mass is 16.3. The standard InChI is InChI=1S/C19H13NO/c1-2-9-16-14(6-1)7-5-8-15(16)12-13-19-20-17-10-3-4-11-18(17)21-19/h1-13H. The molecule has 2 heteroatoms. The van der Waals surface area contributed by atoms with Crippen molar-refractivity contribution in [1.29, 1.82) is 0 Å². The molecule has 0 aliphatic heterocycles. The van der Waals surface area contributed by atoms with E-state index in [0.717, 1.165) is 16.7 Å². The lowest BCUT2D eigenvalue weighted by Gasteiger charge is -2.00. The summed E-state index contributed by atoms with van der Waals surface area (Å²) in [7, 11) is 0. The highest BCUT2D eigenvalue weighted by molar-refractivity contribution is 5.92. The molecular formula is C19H13NO. The van der Waals surface area contributed by atoms with Gasteiger partial charge in [0, 0.05) is 6.08 Å². The van der Waals surface area contributed by atoms with Crippen molar-refractivity contribution in [3.8, 4) is 0 Å².